The summed E-state index contributed by atoms with van der Waals surface area (Å²) in [6, 6.07) is 6.44. The smallest absolute Gasteiger partial charge is 0.141 e. The molecule has 1 aliphatic carbocycles. The van der Waals surface area contributed by atoms with Gasteiger partial charge in [-0.25, -0.2) is 0 Å². The zero-order chi connectivity index (χ0) is 13.1. The fourth-order valence-corrected chi connectivity index (χ4v) is 3.06. The number of ketones is 1. The normalized spacial score (nSPS) is 23.9. The van der Waals surface area contributed by atoms with Crippen LogP contribution >= 0.6 is 0 Å². The number of Topliss-reactive ketones (excluding diaryl/α,β-unsaturated/α-hetero) is 1. The van der Waals surface area contributed by atoms with Crippen LogP contribution in [-0.2, 0) is 11.2 Å². The van der Waals surface area contributed by atoms with E-state index in [0.717, 1.165) is 24.8 Å². The Balaban J connectivity index is 2.06. The summed E-state index contributed by atoms with van der Waals surface area (Å²) in [4.78, 5) is 12.3. The molecule has 2 nitrogen and oxygen atoms in total. The lowest BCUT2D eigenvalue weighted by atomic mass is 9.80. The van der Waals surface area contributed by atoms with Gasteiger partial charge in [-0.2, -0.15) is 0 Å². The number of carbonyl (C=O) groups excluding carboxylic acids is 1. The largest absolute Gasteiger partial charge is 0.327 e. The summed E-state index contributed by atoms with van der Waals surface area (Å²) in [5.41, 5.74) is 9.66. The lowest BCUT2D eigenvalue weighted by molar-refractivity contribution is -0.123. The molecule has 2 rings (SSSR count). The third-order valence-electron chi connectivity index (χ3n) is 3.89. The number of rotatable bonds is 3. The van der Waals surface area contributed by atoms with E-state index in [1.165, 1.54) is 17.5 Å². The van der Waals surface area contributed by atoms with Crippen LogP contribution in [0.5, 0.6) is 0 Å². The van der Waals surface area contributed by atoms with Gasteiger partial charge in [0, 0.05) is 18.4 Å². The maximum absolute atomic E-state index is 12.3. The van der Waals surface area contributed by atoms with Gasteiger partial charge in [-0.05, 0) is 32.3 Å². The van der Waals surface area contributed by atoms with E-state index >= 15 is 0 Å². The summed E-state index contributed by atoms with van der Waals surface area (Å²) in [6.45, 7) is 4.15. The zero-order valence-electron chi connectivity index (χ0n) is 11.4. The highest BCUT2D eigenvalue weighted by Crippen LogP contribution is 2.25. The second-order valence-corrected chi connectivity index (χ2v) is 5.69. The monoisotopic (exact) mass is 245 g/mol. The fourth-order valence-electron chi connectivity index (χ4n) is 3.06. The van der Waals surface area contributed by atoms with Gasteiger partial charge in [-0.15, -0.1) is 0 Å². The molecule has 0 aliphatic heterocycles. The molecule has 0 spiro atoms. The Kier molecular flexibility index (Phi) is 4.18. The van der Waals surface area contributed by atoms with E-state index < -0.39 is 0 Å². The minimum absolute atomic E-state index is 0.0807. The molecule has 1 fully saturated rings. The first-order valence-electron chi connectivity index (χ1n) is 6.92. The van der Waals surface area contributed by atoms with Crippen molar-refractivity contribution < 1.29 is 4.79 Å². The van der Waals surface area contributed by atoms with Crippen molar-refractivity contribution in [2.75, 3.05) is 0 Å². The highest BCUT2D eigenvalue weighted by atomic mass is 16.1. The average Bonchev–Trinajstić information content (AvgIpc) is 2.27. The van der Waals surface area contributed by atoms with Crippen LogP contribution in [0.15, 0.2) is 18.2 Å². The van der Waals surface area contributed by atoms with Crippen LogP contribution in [0.25, 0.3) is 0 Å². The SMILES string of the molecule is Cc1cc(C)cc(CC(=O)C2CCCCC2N)c1. The Labute approximate surface area is 110 Å². The second-order valence-electron chi connectivity index (χ2n) is 5.69. The Hall–Kier alpha value is -1.15. The number of benzene rings is 1. The first kappa shape index (κ1) is 13.3. The second kappa shape index (κ2) is 5.66. The summed E-state index contributed by atoms with van der Waals surface area (Å²) in [5.74, 6) is 0.409. The average molecular weight is 245 g/mol. The molecule has 98 valence electrons. The number of nitrogens with two attached hydrogens (primary N) is 1. The van der Waals surface area contributed by atoms with Crippen LogP contribution in [0.1, 0.15) is 42.4 Å². The first-order chi connectivity index (χ1) is 8.56. The Morgan fingerprint density at radius 2 is 1.78 bits per heavy atom. The molecule has 0 bridgehead atoms. The van der Waals surface area contributed by atoms with E-state index in [9.17, 15) is 4.79 Å². The van der Waals surface area contributed by atoms with Crippen molar-refractivity contribution in [2.24, 2.45) is 11.7 Å². The van der Waals surface area contributed by atoms with Gasteiger partial charge >= 0.3 is 0 Å². The summed E-state index contributed by atoms with van der Waals surface area (Å²) in [7, 11) is 0. The topological polar surface area (TPSA) is 43.1 Å². The molecule has 1 aliphatic rings. The third-order valence-corrected chi connectivity index (χ3v) is 3.89. The minimum Gasteiger partial charge on any atom is -0.327 e. The van der Waals surface area contributed by atoms with Crippen LogP contribution in [0.2, 0.25) is 0 Å². The highest BCUT2D eigenvalue weighted by molar-refractivity contribution is 5.84. The van der Waals surface area contributed by atoms with Gasteiger partial charge in [0.1, 0.15) is 5.78 Å². The van der Waals surface area contributed by atoms with E-state index in [0.29, 0.717) is 12.2 Å². The maximum Gasteiger partial charge on any atom is 0.141 e. The van der Waals surface area contributed by atoms with E-state index in [2.05, 4.69) is 32.0 Å². The van der Waals surface area contributed by atoms with Gasteiger partial charge in [0.25, 0.3) is 0 Å². The number of hydrogen-bond acceptors (Lipinski definition) is 2. The molecule has 2 unspecified atom stereocenters. The molecule has 18 heavy (non-hydrogen) atoms. The van der Waals surface area contributed by atoms with E-state index in [1.807, 2.05) is 0 Å². The van der Waals surface area contributed by atoms with E-state index in [1.54, 1.807) is 0 Å². The molecule has 1 saturated carbocycles. The number of hydrogen-bond donors (Lipinski definition) is 1. The Bertz CT molecular complexity index is 418. The summed E-state index contributed by atoms with van der Waals surface area (Å²) in [6.07, 6.45) is 4.85. The van der Waals surface area contributed by atoms with Crippen LogP contribution in [0.3, 0.4) is 0 Å². The van der Waals surface area contributed by atoms with E-state index in [4.69, 9.17) is 5.73 Å². The van der Waals surface area contributed by atoms with Gasteiger partial charge in [-0.1, -0.05) is 42.2 Å². The van der Waals surface area contributed by atoms with Crippen molar-refractivity contribution in [2.45, 2.75) is 52.0 Å². The molecule has 2 heteroatoms. The zero-order valence-corrected chi connectivity index (χ0v) is 11.4. The van der Waals surface area contributed by atoms with Crippen LogP contribution in [0.4, 0.5) is 0 Å². The van der Waals surface area contributed by atoms with Crippen molar-refractivity contribution in [3.05, 3.63) is 34.9 Å². The quantitative estimate of drug-likeness (QED) is 0.889. The first-order valence-corrected chi connectivity index (χ1v) is 6.92. The van der Waals surface area contributed by atoms with Crippen molar-refractivity contribution in [3.63, 3.8) is 0 Å². The summed E-state index contributed by atoms with van der Waals surface area (Å²) < 4.78 is 0. The molecule has 0 radical (unpaired) electrons. The van der Waals surface area contributed by atoms with Crippen molar-refractivity contribution in [1.29, 1.82) is 0 Å². The molecule has 1 aromatic carbocycles. The highest BCUT2D eigenvalue weighted by Gasteiger charge is 2.27. The molecule has 0 saturated heterocycles. The van der Waals surface area contributed by atoms with Gasteiger partial charge in [0.15, 0.2) is 0 Å². The molecule has 1 aromatic rings. The molecule has 0 amide bonds. The van der Waals surface area contributed by atoms with Crippen LogP contribution < -0.4 is 5.73 Å². The van der Waals surface area contributed by atoms with Gasteiger partial charge in [0.2, 0.25) is 0 Å². The Morgan fingerprint density at radius 1 is 1.17 bits per heavy atom. The molecule has 2 N–H and O–H groups in total. The number of aryl methyl sites for hydroxylation is 2. The molecular formula is C16H23NO. The predicted molar refractivity (Wildman–Crippen MR) is 74.6 cm³/mol. The lowest BCUT2D eigenvalue weighted by Gasteiger charge is -2.27. The standard InChI is InChI=1S/C16H23NO/c1-11-7-12(2)9-13(8-11)10-16(18)14-5-3-4-6-15(14)17/h7-9,14-15H,3-6,10,17H2,1-2H3. The lowest BCUT2D eigenvalue weighted by Crippen LogP contribution is -2.38. The molecule has 0 heterocycles. The van der Waals surface area contributed by atoms with Gasteiger partial charge in [-0.3, -0.25) is 4.79 Å². The summed E-state index contributed by atoms with van der Waals surface area (Å²) in [5, 5.41) is 0. The van der Waals surface area contributed by atoms with Crippen LogP contribution in [-0.4, -0.2) is 11.8 Å². The van der Waals surface area contributed by atoms with Gasteiger partial charge < -0.3 is 5.73 Å². The molecule has 0 aromatic heterocycles. The summed E-state index contributed by atoms with van der Waals surface area (Å²) >= 11 is 0. The van der Waals surface area contributed by atoms with Crippen molar-refractivity contribution in [3.8, 4) is 0 Å². The molecular weight excluding hydrogens is 222 g/mol. The molecule has 2 atom stereocenters. The number of carbonyl (C=O) groups is 1. The van der Waals surface area contributed by atoms with Crippen molar-refractivity contribution in [1.82, 2.24) is 0 Å². The van der Waals surface area contributed by atoms with E-state index in [-0.39, 0.29) is 12.0 Å². The minimum atomic E-state index is 0.0807. The van der Waals surface area contributed by atoms with Crippen LogP contribution in [0, 0.1) is 19.8 Å². The fraction of sp³-hybridized carbons (Fsp3) is 0.562. The van der Waals surface area contributed by atoms with Gasteiger partial charge in [0.05, 0.1) is 0 Å². The third kappa shape index (κ3) is 3.20. The van der Waals surface area contributed by atoms with Crippen molar-refractivity contribution >= 4 is 5.78 Å². The Morgan fingerprint density at radius 3 is 2.39 bits per heavy atom. The maximum atomic E-state index is 12.3. The predicted octanol–water partition coefficient (Wildman–Crippen LogP) is 2.93.